The van der Waals surface area contributed by atoms with Crippen molar-refractivity contribution in [3.8, 4) is 23.3 Å². The van der Waals surface area contributed by atoms with Gasteiger partial charge in [0, 0.05) is 17.3 Å². The number of hydrogen-bond donors (Lipinski definition) is 0. The van der Waals surface area contributed by atoms with Crippen molar-refractivity contribution < 1.29 is 9.47 Å². The van der Waals surface area contributed by atoms with E-state index >= 15 is 0 Å². The van der Waals surface area contributed by atoms with Crippen molar-refractivity contribution in [3.05, 3.63) is 22.2 Å². The Morgan fingerprint density at radius 2 is 1.78 bits per heavy atom. The molecule has 0 heterocycles. The maximum Gasteiger partial charge on any atom is 0.161 e. The van der Waals surface area contributed by atoms with Crippen LogP contribution in [0, 0.1) is 11.8 Å². The Hall–Kier alpha value is -1.14. The van der Waals surface area contributed by atoms with Crippen molar-refractivity contribution in [1.29, 1.82) is 0 Å². The molecule has 0 bridgehead atoms. The number of ether oxygens (including phenoxy) is 2. The minimum absolute atomic E-state index is 0.359. The number of halogens is 1. The SMILES string of the molecule is CCC#CCC(C)c1cc(OC)c(OC)cc1Br. The number of hydrogen-bond acceptors (Lipinski definition) is 2. The van der Waals surface area contributed by atoms with Crippen LogP contribution in [0.2, 0.25) is 0 Å². The lowest BCUT2D eigenvalue weighted by Crippen LogP contribution is -1.97. The van der Waals surface area contributed by atoms with E-state index in [1.165, 1.54) is 5.56 Å². The molecule has 1 rings (SSSR count). The van der Waals surface area contributed by atoms with E-state index in [1.54, 1.807) is 14.2 Å². The first-order valence-corrected chi connectivity index (χ1v) is 6.80. The standard InChI is InChI=1S/C15H19BrO2/c1-5-6-7-8-11(2)12-9-14(17-3)15(18-4)10-13(12)16/h9-11H,5,8H2,1-4H3. The largest absolute Gasteiger partial charge is 0.493 e. The maximum atomic E-state index is 5.33. The van der Waals surface area contributed by atoms with Gasteiger partial charge < -0.3 is 9.47 Å². The molecule has 0 aliphatic heterocycles. The van der Waals surface area contributed by atoms with Crippen LogP contribution in [0.4, 0.5) is 0 Å². The van der Waals surface area contributed by atoms with Crippen LogP contribution >= 0.6 is 15.9 Å². The van der Waals surface area contributed by atoms with Gasteiger partial charge in [-0.05, 0) is 23.6 Å². The summed E-state index contributed by atoms with van der Waals surface area (Å²) < 4.78 is 11.6. The lowest BCUT2D eigenvalue weighted by molar-refractivity contribution is 0.354. The highest BCUT2D eigenvalue weighted by Crippen LogP contribution is 2.37. The molecule has 98 valence electrons. The van der Waals surface area contributed by atoms with Crippen molar-refractivity contribution in [1.82, 2.24) is 0 Å². The topological polar surface area (TPSA) is 18.5 Å². The normalized spacial score (nSPS) is 11.4. The molecule has 1 unspecified atom stereocenters. The molecule has 0 aromatic heterocycles. The van der Waals surface area contributed by atoms with Crippen LogP contribution in [-0.4, -0.2) is 14.2 Å². The van der Waals surface area contributed by atoms with Gasteiger partial charge in [-0.3, -0.25) is 0 Å². The summed E-state index contributed by atoms with van der Waals surface area (Å²) in [7, 11) is 3.29. The fraction of sp³-hybridized carbons (Fsp3) is 0.467. The zero-order valence-corrected chi connectivity index (χ0v) is 12.9. The average Bonchev–Trinajstić information content (AvgIpc) is 2.38. The second kappa shape index (κ2) is 7.33. The molecule has 0 aliphatic carbocycles. The number of benzene rings is 1. The Balaban J connectivity index is 3.01. The number of methoxy groups -OCH3 is 2. The highest BCUT2D eigenvalue weighted by atomic mass is 79.9. The van der Waals surface area contributed by atoms with Gasteiger partial charge in [-0.15, -0.1) is 11.8 Å². The minimum Gasteiger partial charge on any atom is -0.493 e. The Kier molecular flexibility index (Phi) is 6.07. The first-order chi connectivity index (χ1) is 8.63. The van der Waals surface area contributed by atoms with E-state index in [1.807, 2.05) is 12.1 Å². The van der Waals surface area contributed by atoms with Crippen LogP contribution < -0.4 is 9.47 Å². The Labute approximate surface area is 118 Å². The van der Waals surface area contributed by atoms with Crippen LogP contribution in [-0.2, 0) is 0 Å². The highest BCUT2D eigenvalue weighted by Gasteiger charge is 2.13. The van der Waals surface area contributed by atoms with Crippen molar-refractivity contribution in [2.75, 3.05) is 14.2 Å². The third-order valence-corrected chi connectivity index (χ3v) is 3.43. The molecule has 0 saturated carbocycles. The van der Waals surface area contributed by atoms with Crippen LogP contribution in [0.1, 0.15) is 38.2 Å². The second-order valence-corrected chi connectivity index (χ2v) is 4.90. The Bertz CT molecular complexity index is 458. The molecule has 18 heavy (non-hydrogen) atoms. The summed E-state index contributed by atoms with van der Waals surface area (Å²) in [6, 6.07) is 3.96. The first kappa shape index (κ1) is 14.9. The molecule has 3 heteroatoms. The van der Waals surface area contributed by atoms with Gasteiger partial charge in [-0.1, -0.05) is 29.8 Å². The van der Waals surface area contributed by atoms with Gasteiger partial charge in [0.15, 0.2) is 11.5 Å². The Morgan fingerprint density at radius 1 is 1.17 bits per heavy atom. The molecule has 0 saturated heterocycles. The predicted molar refractivity (Wildman–Crippen MR) is 78.3 cm³/mol. The first-order valence-electron chi connectivity index (χ1n) is 6.01. The zero-order chi connectivity index (χ0) is 13.5. The highest BCUT2D eigenvalue weighted by molar-refractivity contribution is 9.10. The minimum atomic E-state index is 0.359. The average molecular weight is 311 g/mol. The van der Waals surface area contributed by atoms with Crippen molar-refractivity contribution in [3.63, 3.8) is 0 Å². The molecule has 1 atom stereocenters. The van der Waals surface area contributed by atoms with E-state index in [2.05, 4.69) is 41.6 Å². The summed E-state index contributed by atoms with van der Waals surface area (Å²) in [4.78, 5) is 0. The summed E-state index contributed by atoms with van der Waals surface area (Å²) in [6.07, 6.45) is 1.75. The molecular weight excluding hydrogens is 292 g/mol. The van der Waals surface area contributed by atoms with Gasteiger partial charge in [-0.2, -0.15) is 0 Å². The number of rotatable bonds is 4. The van der Waals surface area contributed by atoms with Crippen LogP contribution in [0.25, 0.3) is 0 Å². The lowest BCUT2D eigenvalue weighted by Gasteiger charge is -2.15. The van der Waals surface area contributed by atoms with Gasteiger partial charge in [-0.25, -0.2) is 0 Å². The van der Waals surface area contributed by atoms with E-state index in [4.69, 9.17) is 9.47 Å². The van der Waals surface area contributed by atoms with E-state index in [-0.39, 0.29) is 0 Å². The lowest BCUT2D eigenvalue weighted by atomic mass is 9.97. The molecular formula is C15H19BrO2. The second-order valence-electron chi connectivity index (χ2n) is 4.04. The van der Waals surface area contributed by atoms with Crippen molar-refractivity contribution >= 4 is 15.9 Å². The molecule has 0 radical (unpaired) electrons. The van der Waals surface area contributed by atoms with Crippen LogP contribution in [0.5, 0.6) is 11.5 Å². The quantitative estimate of drug-likeness (QED) is 0.769. The monoisotopic (exact) mass is 310 g/mol. The summed E-state index contributed by atoms with van der Waals surface area (Å²) in [5, 5.41) is 0. The summed E-state index contributed by atoms with van der Waals surface area (Å²) in [5.74, 6) is 8.13. The smallest absolute Gasteiger partial charge is 0.161 e. The van der Waals surface area contributed by atoms with E-state index < -0.39 is 0 Å². The molecule has 2 nitrogen and oxygen atoms in total. The molecule has 0 N–H and O–H groups in total. The van der Waals surface area contributed by atoms with Gasteiger partial charge in [0.25, 0.3) is 0 Å². The van der Waals surface area contributed by atoms with Crippen LogP contribution in [0.3, 0.4) is 0 Å². The fourth-order valence-electron chi connectivity index (χ4n) is 1.71. The molecule has 1 aromatic rings. The zero-order valence-electron chi connectivity index (χ0n) is 11.3. The van der Waals surface area contributed by atoms with Gasteiger partial charge >= 0.3 is 0 Å². The van der Waals surface area contributed by atoms with Crippen molar-refractivity contribution in [2.24, 2.45) is 0 Å². The van der Waals surface area contributed by atoms with Gasteiger partial charge in [0.1, 0.15) is 0 Å². The summed E-state index contributed by atoms with van der Waals surface area (Å²) in [5.41, 5.74) is 1.19. The molecule has 0 spiro atoms. The van der Waals surface area contributed by atoms with E-state index in [0.29, 0.717) is 5.92 Å². The Morgan fingerprint density at radius 3 is 2.33 bits per heavy atom. The third kappa shape index (κ3) is 3.68. The summed E-state index contributed by atoms with van der Waals surface area (Å²) in [6.45, 7) is 4.22. The van der Waals surface area contributed by atoms with E-state index in [0.717, 1.165) is 28.8 Å². The molecule has 0 amide bonds. The van der Waals surface area contributed by atoms with Gasteiger partial charge in [0.2, 0.25) is 0 Å². The van der Waals surface area contributed by atoms with Gasteiger partial charge in [0.05, 0.1) is 14.2 Å². The fourth-order valence-corrected chi connectivity index (χ4v) is 2.42. The maximum absolute atomic E-state index is 5.33. The predicted octanol–water partition coefficient (Wildman–Crippen LogP) is 4.37. The van der Waals surface area contributed by atoms with Crippen molar-refractivity contribution in [2.45, 2.75) is 32.6 Å². The third-order valence-electron chi connectivity index (χ3n) is 2.74. The summed E-state index contributed by atoms with van der Waals surface area (Å²) >= 11 is 3.58. The van der Waals surface area contributed by atoms with Crippen LogP contribution in [0.15, 0.2) is 16.6 Å². The molecule has 0 fully saturated rings. The molecule has 0 aliphatic rings. The molecule has 1 aromatic carbocycles. The van der Waals surface area contributed by atoms with E-state index in [9.17, 15) is 0 Å².